The van der Waals surface area contributed by atoms with Crippen molar-refractivity contribution in [2.75, 3.05) is 11.9 Å². The van der Waals surface area contributed by atoms with E-state index in [1.54, 1.807) is 20.0 Å². The van der Waals surface area contributed by atoms with E-state index in [9.17, 15) is 13.6 Å². The zero-order valence-electron chi connectivity index (χ0n) is 14.0. The van der Waals surface area contributed by atoms with Crippen LogP contribution in [0.3, 0.4) is 0 Å². The SMILES string of the molecule is Bc1cc(C(=O)NOCC)c(Nc2ncc(C)cc2C)c(F)c1F. The molecule has 1 amide bonds. The Morgan fingerprint density at radius 2 is 2.00 bits per heavy atom. The topological polar surface area (TPSA) is 63.2 Å². The highest BCUT2D eigenvalue weighted by molar-refractivity contribution is 6.33. The zero-order chi connectivity index (χ0) is 17.9. The normalized spacial score (nSPS) is 10.5. The summed E-state index contributed by atoms with van der Waals surface area (Å²) >= 11 is 0. The molecule has 24 heavy (non-hydrogen) atoms. The van der Waals surface area contributed by atoms with E-state index < -0.39 is 17.5 Å². The molecule has 1 heterocycles. The van der Waals surface area contributed by atoms with Crippen LogP contribution in [0, 0.1) is 25.5 Å². The number of halogens is 2. The minimum absolute atomic E-state index is 0.0216. The number of carbonyl (C=O) groups excluding carboxylic acids is 1. The summed E-state index contributed by atoms with van der Waals surface area (Å²) in [6.45, 7) is 5.59. The molecule has 0 radical (unpaired) electrons. The molecule has 0 aliphatic carbocycles. The van der Waals surface area contributed by atoms with Crippen molar-refractivity contribution in [3.05, 3.63) is 46.7 Å². The monoisotopic (exact) mass is 333 g/mol. The lowest BCUT2D eigenvalue weighted by Crippen LogP contribution is -2.27. The molecule has 0 saturated heterocycles. The Hall–Kier alpha value is -2.48. The van der Waals surface area contributed by atoms with E-state index in [0.29, 0.717) is 5.82 Å². The van der Waals surface area contributed by atoms with Crippen LogP contribution in [0.25, 0.3) is 0 Å². The Bertz CT molecular complexity index is 784. The standard InChI is InChI=1S/C16H18BF2N3O2/c1-4-24-22-16(23)10-6-11(17)12(18)13(19)14(10)21-15-9(3)5-8(2)7-20-15/h5-7H,4,17H2,1-3H3,(H,20,21)(H,22,23). The fraction of sp³-hybridized carbons (Fsp3) is 0.250. The predicted molar refractivity (Wildman–Crippen MR) is 90.6 cm³/mol. The summed E-state index contributed by atoms with van der Waals surface area (Å²) in [7, 11) is 1.38. The average molecular weight is 333 g/mol. The molecular formula is C16H18BF2N3O2. The molecule has 2 aromatic rings. The first kappa shape index (κ1) is 17.9. The molecule has 0 spiro atoms. The van der Waals surface area contributed by atoms with Crippen LogP contribution in [0.15, 0.2) is 18.3 Å². The average Bonchev–Trinajstić information content (AvgIpc) is 2.54. The maximum atomic E-state index is 14.4. The lowest BCUT2D eigenvalue weighted by molar-refractivity contribution is 0.0365. The summed E-state index contributed by atoms with van der Waals surface area (Å²) in [5.41, 5.74) is 3.53. The number of carbonyl (C=O) groups is 1. The van der Waals surface area contributed by atoms with Crippen molar-refractivity contribution in [1.29, 1.82) is 0 Å². The van der Waals surface area contributed by atoms with E-state index in [4.69, 9.17) is 4.84 Å². The summed E-state index contributed by atoms with van der Waals surface area (Å²) in [4.78, 5) is 21.2. The van der Waals surface area contributed by atoms with Gasteiger partial charge in [-0.3, -0.25) is 9.63 Å². The largest absolute Gasteiger partial charge is 0.337 e. The van der Waals surface area contributed by atoms with E-state index in [1.807, 2.05) is 13.0 Å². The summed E-state index contributed by atoms with van der Waals surface area (Å²) < 4.78 is 28.4. The van der Waals surface area contributed by atoms with Gasteiger partial charge in [0.25, 0.3) is 5.91 Å². The number of aromatic nitrogens is 1. The number of rotatable bonds is 5. The molecule has 0 unspecified atom stereocenters. The van der Waals surface area contributed by atoms with Crippen molar-refractivity contribution in [2.24, 2.45) is 0 Å². The third-order valence-corrected chi connectivity index (χ3v) is 3.40. The van der Waals surface area contributed by atoms with Gasteiger partial charge in [0.15, 0.2) is 11.6 Å². The molecule has 2 rings (SSSR count). The number of aryl methyl sites for hydroxylation is 2. The highest BCUT2D eigenvalue weighted by atomic mass is 19.2. The first-order chi connectivity index (χ1) is 11.3. The Balaban J connectivity index is 2.50. The molecule has 5 nitrogen and oxygen atoms in total. The summed E-state index contributed by atoms with van der Waals surface area (Å²) in [6.07, 6.45) is 1.59. The minimum Gasteiger partial charge on any atom is -0.337 e. The highest BCUT2D eigenvalue weighted by Gasteiger charge is 2.22. The van der Waals surface area contributed by atoms with Gasteiger partial charge in [-0.2, -0.15) is 0 Å². The lowest BCUT2D eigenvalue weighted by Gasteiger charge is -2.16. The van der Waals surface area contributed by atoms with Crippen LogP contribution >= 0.6 is 0 Å². The molecular weight excluding hydrogens is 315 g/mol. The second-order valence-electron chi connectivity index (χ2n) is 5.41. The molecule has 8 heteroatoms. The van der Waals surface area contributed by atoms with Crippen LogP contribution in [0.2, 0.25) is 0 Å². The Kier molecular flexibility index (Phi) is 5.51. The van der Waals surface area contributed by atoms with Crippen LogP contribution in [-0.2, 0) is 4.84 Å². The van der Waals surface area contributed by atoms with E-state index in [2.05, 4.69) is 15.8 Å². The first-order valence-corrected chi connectivity index (χ1v) is 7.46. The zero-order valence-corrected chi connectivity index (χ0v) is 14.0. The van der Waals surface area contributed by atoms with E-state index in [-0.39, 0.29) is 23.3 Å². The smallest absolute Gasteiger partial charge is 0.277 e. The van der Waals surface area contributed by atoms with Crippen molar-refractivity contribution >= 4 is 30.7 Å². The predicted octanol–water partition coefficient (Wildman–Crippen LogP) is 1.66. The maximum Gasteiger partial charge on any atom is 0.277 e. The van der Waals surface area contributed by atoms with Gasteiger partial charge in [0.1, 0.15) is 13.7 Å². The number of nitrogens with zero attached hydrogens (tertiary/aromatic N) is 1. The Morgan fingerprint density at radius 3 is 2.62 bits per heavy atom. The summed E-state index contributed by atoms with van der Waals surface area (Å²) in [5.74, 6) is -2.49. The molecule has 0 atom stereocenters. The summed E-state index contributed by atoms with van der Waals surface area (Å²) in [5, 5.41) is 2.72. The van der Waals surface area contributed by atoms with Crippen molar-refractivity contribution in [1.82, 2.24) is 10.5 Å². The van der Waals surface area contributed by atoms with Gasteiger partial charge in [0, 0.05) is 6.20 Å². The van der Waals surface area contributed by atoms with Crippen LogP contribution in [0.5, 0.6) is 0 Å². The minimum atomic E-state index is -1.14. The van der Waals surface area contributed by atoms with Gasteiger partial charge in [0.2, 0.25) is 0 Å². The molecule has 126 valence electrons. The number of nitrogens with one attached hydrogen (secondary N) is 2. The van der Waals surface area contributed by atoms with Crippen LogP contribution in [0.4, 0.5) is 20.3 Å². The van der Waals surface area contributed by atoms with E-state index >= 15 is 0 Å². The fourth-order valence-electron chi connectivity index (χ4n) is 2.21. The number of hydroxylamine groups is 1. The van der Waals surface area contributed by atoms with Crippen molar-refractivity contribution in [3.8, 4) is 0 Å². The molecule has 1 aromatic carbocycles. The second kappa shape index (κ2) is 7.40. The van der Waals surface area contributed by atoms with E-state index in [1.165, 1.54) is 13.9 Å². The molecule has 1 aromatic heterocycles. The van der Waals surface area contributed by atoms with Crippen LogP contribution in [-0.4, -0.2) is 25.3 Å². The number of amides is 1. The number of pyridine rings is 1. The van der Waals surface area contributed by atoms with Gasteiger partial charge >= 0.3 is 0 Å². The molecule has 0 aliphatic heterocycles. The molecule has 0 bridgehead atoms. The van der Waals surface area contributed by atoms with Crippen molar-refractivity contribution in [3.63, 3.8) is 0 Å². The molecule has 0 aliphatic rings. The highest BCUT2D eigenvalue weighted by Crippen LogP contribution is 2.26. The van der Waals surface area contributed by atoms with Gasteiger partial charge in [-0.15, -0.1) is 0 Å². The molecule has 0 saturated carbocycles. The Labute approximate surface area is 139 Å². The van der Waals surface area contributed by atoms with E-state index in [0.717, 1.165) is 11.1 Å². The molecule has 0 fully saturated rings. The number of hydrogen-bond acceptors (Lipinski definition) is 4. The maximum absolute atomic E-state index is 14.4. The van der Waals surface area contributed by atoms with Crippen molar-refractivity contribution in [2.45, 2.75) is 20.8 Å². The third-order valence-electron chi connectivity index (χ3n) is 3.40. The quantitative estimate of drug-likeness (QED) is 0.645. The fourth-order valence-corrected chi connectivity index (χ4v) is 2.21. The van der Waals surface area contributed by atoms with Crippen LogP contribution in [0.1, 0.15) is 28.4 Å². The number of benzene rings is 1. The van der Waals surface area contributed by atoms with Gasteiger partial charge in [-0.05, 0) is 37.4 Å². The van der Waals surface area contributed by atoms with Gasteiger partial charge < -0.3 is 5.32 Å². The Morgan fingerprint density at radius 1 is 1.29 bits per heavy atom. The number of anilines is 2. The number of hydrogen-bond donors (Lipinski definition) is 2. The van der Waals surface area contributed by atoms with Crippen LogP contribution < -0.4 is 16.3 Å². The van der Waals surface area contributed by atoms with Gasteiger partial charge in [-0.1, -0.05) is 12.1 Å². The lowest BCUT2D eigenvalue weighted by atomic mass is 9.92. The first-order valence-electron chi connectivity index (χ1n) is 7.46. The summed E-state index contributed by atoms with van der Waals surface area (Å²) in [6, 6.07) is 3.11. The molecule has 2 N–H and O–H groups in total. The second-order valence-corrected chi connectivity index (χ2v) is 5.41. The third kappa shape index (κ3) is 3.71. The van der Waals surface area contributed by atoms with Gasteiger partial charge in [-0.25, -0.2) is 19.2 Å². The van der Waals surface area contributed by atoms with Crippen molar-refractivity contribution < 1.29 is 18.4 Å². The van der Waals surface area contributed by atoms with Gasteiger partial charge in [0.05, 0.1) is 17.9 Å².